The molecular formula is C12H17Cl2N3. The van der Waals surface area contributed by atoms with Gasteiger partial charge in [-0.3, -0.25) is 0 Å². The Balaban J connectivity index is 0.000000722. The zero-order valence-corrected chi connectivity index (χ0v) is 11.1. The topological polar surface area (TPSA) is 29.9 Å². The van der Waals surface area contributed by atoms with Gasteiger partial charge in [-0.15, -0.1) is 24.8 Å². The molecule has 5 heteroatoms. The summed E-state index contributed by atoms with van der Waals surface area (Å²) in [6, 6.07) is 6.90. The van der Waals surface area contributed by atoms with Crippen molar-refractivity contribution in [3.05, 3.63) is 30.6 Å². The fourth-order valence-corrected chi connectivity index (χ4v) is 2.37. The molecule has 2 aromatic rings. The maximum Gasteiger partial charge on any atom is 0.140 e. The number of piperidine rings is 1. The smallest absolute Gasteiger partial charge is 0.140 e. The van der Waals surface area contributed by atoms with Crippen LogP contribution < -0.4 is 5.32 Å². The van der Waals surface area contributed by atoms with Gasteiger partial charge in [0.2, 0.25) is 0 Å². The highest BCUT2D eigenvalue weighted by atomic mass is 35.5. The predicted octanol–water partition coefficient (Wildman–Crippen LogP) is 2.80. The van der Waals surface area contributed by atoms with E-state index in [-0.39, 0.29) is 24.8 Å². The number of nitrogens with one attached hydrogen (secondary N) is 1. The van der Waals surface area contributed by atoms with Gasteiger partial charge >= 0.3 is 0 Å². The maximum atomic E-state index is 4.46. The quantitative estimate of drug-likeness (QED) is 0.866. The van der Waals surface area contributed by atoms with Crippen molar-refractivity contribution in [2.24, 2.45) is 0 Å². The van der Waals surface area contributed by atoms with Crippen LogP contribution in [0.5, 0.6) is 0 Å². The van der Waals surface area contributed by atoms with Crippen molar-refractivity contribution in [3.63, 3.8) is 0 Å². The Kier molecular flexibility index (Phi) is 5.25. The van der Waals surface area contributed by atoms with Crippen LogP contribution in [0.15, 0.2) is 30.6 Å². The highest BCUT2D eigenvalue weighted by molar-refractivity contribution is 5.85. The van der Waals surface area contributed by atoms with Gasteiger partial charge in [0.05, 0.1) is 0 Å². The molecule has 1 N–H and O–H groups in total. The van der Waals surface area contributed by atoms with Crippen molar-refractivity contribution < 1.29 is 0 Å². The summed E-state index contributed by atoms with van der Waals surface area (Å²) in [6.07, 6.45) is 6.47. The van der Waals surface area contributed by atoms with Crippen LogP contribution in [0, 0.1) is 0 Å². The summed E-state index contributed by atoms with van der Waals surface area (Å²) in [7, 11) is 0. The normalized spacial score (nSPS) is 16.2. The van der Waals surface area contributed by atoms with Crippen molar-refractivity contribution in [3.8, 4) is 0 Å². The average molecular weight is 274 g/mol. The molecular weight excluding hydrogens is 257 g/mol. The molecule has 1 aliphatic rings. The van der Waals surface area contributed by atoms with Crippen molar-refractivity contribution in [1.29, 1.82) is 0 Å². The Labute approximate surface area is 113 Å². The number of hydrogen-bond donors (Lipinski definition) is 1. The minimum absolute atomic E-state index is 0. The molecule has 1 saturated heterocycles. The van der Waals surface area contributed by atoms with Gasteiger partial charge < -0.3 is 9.88 Å². The summed E-state index contributed by atoms with van der Waals surface area (Å²) in [5.41, 5.74) is 1.13. The van der Waals surface area contributed by atoms with Crippen LogP contribution in [0.4, 0.5) is 0 Å². The van der Waals surface area contributed by atoms with E-state index in [0.717, 1.165) is 18.7 Å². The number of rotatable bonds is 1. The first kappa shape index (κ1) is 14.3. The third-order valence-corrected chi connectivity index (χ3v) is 3.18. The fourth-order valence-electron chi connectivity index (χ4n) is 2.37. The Morgan fingerprint density at radius 1 is 1.18 bits per heavy atom. The molecule has 0 saturated carbocycles. The van der Waals surface area contributed by atoms with Gasteiger partial charge in [0.1, 0.15) is 5.65 Å². The van der Waals surface area contributed by atoms with Gasteiger partial charge in [0.15, 0.2) is 0 Å². The monoisotopic (exact) mass is 273 g/mol. The number of aromatic nitrogens is 2. The molecule has 0 spiro atoms. The van der Waals surface area contributed by atoms with Crippen LogP contribution in [0.25, 0.3) is 11.0 Å². The number of nitrogens with zero attached hydrogens (tertiary/aromatic N) is 2. The fraction of sp³-hybridized carbons (Fsp3) is 0.417. The molecule has 3 rings (SSSR count). The third-order valence-electron chi connectivity index (χ3n) is 3.18. The van der Waals surface area contributed by atoms with Crippen LogP contribution >= 0.6 is 24.8 Å². The third kappa shape index (κ3) is 2.73. The molecule has 0 aromatic carbocycles. The lowest BCUT2D eigenvalue weighted by atomic mass is 10.1. The summed E-state index contributed by atoms with van der Waals surface area (Å²) < 4.78 is 2.33. The second-order valence-electron chi connectivity index (χ2n) is 4.12. The van der Waals surface area contributed by atoms with E-state index >= 15 is 0 Å². The molecule has 0 atom stereocenters. The summed E-state index contributed by atoms with van der Waals surface area (Å²) >= 11 is 0. The van der Waals surface area contributed by atoms with Gasteiger partial charge in [-0.25, -0.2) is 4.98 Å². The maximum absolute atomic E-state index is 4.46. The van der Waals surface area contributed by atoms with Crippen LogP contribution in [0.2, 0.25) is 0 Å². The number of halogens is 2. The largest absolute Gasteiger partial charge is 0.329 e. The second-order valence-corrected chi connectivity index (χ2v) is 4.12. The molecule has 2 aromatic heterocycles. The van der Waals surface area contributed by atoms with E-state index in [1.807, 2.05) is 12.3 Å². The minimum Gasteiger partial charge on any atom is -0.329 e. The van der Waals surface area contributed by atoms with Gasteiger partial charge in [-0.1, -0.05) is 0 Å². The molecule has 0 bridgehead atoms. The molecule has 94 valence electrons. The van der Waals surface area contributed by atoms with Gasteiger partial charge in [0.25, 0.3) is 0 Å². The molecule has 0 radical (unpaired) electrons. The first-order chi connectivity index (χ1) is 7.45. The van der Waals surface area contributed by atoms with E-state index in [2.05, 4.69) is 33.2 Å². The SMILES string of the molecule is Cl.Cl.c1cnc2c(c1)ccn2C1CCNCC1. The first-order valence-corrected chi connectivity index (χ1v) is 5.57. The average Bonchev–Trinajstić information content (AvgIpc) is 2.74. The lowest BCUT2D eigenvalue weighted by Crippen LogP contribution is -2.29. The lowest BCUT2D eigenvalue weighted by molar-refractivity contribution is 0.375. The summed E-state index contributed by atoms with van der Waals surface area (Å²) in [5.74, 6) is 0. The zero-order chi connectivity index (χ0) is 10.1. The second kappa shape index (κ2) is 6.24. The van der Waals surface area contributed by atoms with Gasteiger partial charge in [-0.05, 0) is 44.1 Å². The zero-order valence-electron chi connectivity index (χ0n) is 9.50. The van der Waals surface area contributed by atoms with Crippen molar-refractivity contribution in [2.75, 3.05) is 13.1 Å². The molecule has 1 fully saturated rings. The first-order valence-electron chi connectivity index (χ1n) is 5.57. The van der Waals surface area contributed by atoms with Gasteiger partial charge in [-0.2, -0.15) is 0 Å². The van der Waals surface area contributed by atoms with Crippen LogP contribution in [0.3, 0.4) is 0 Å². The summed E-state index contributed by atoms with van der Waals surface area (Å²) in [4.78, 5) is 4.46. The van der Waals surface area contributed by atoms with E-state index in [4.69, 9.17) is 0 Å². The highest BCUT2D eigenvalue weighted by Crippen LogP contribution is 2.23. The van der Waals surface area contributed by atoms with Crippen molar-refractivity contribution >= 4 is 35.8 Å². The summed E-state index contributed by atoms with van der Waals surface area (Å²) in [5, 5.41) is 4.64. The highest BCUT2D eigenvalue weighted by Gasteiger charge is 2.16. The molecule has 0 aliphatic carbocycles. The van der Waals surface area contributed by atoms with E-state index in [1.165, 1.54) is 18.2 Å². The van der Waals surface area contributed by atoms with Crippen LogP contribution in [-0.4, -0.2) is 22.6 Å². The molecule has 0 amide bonds. The minimum atomic E-state index is 0. The molecule has 3 nitrogen and oxygen atoms in total. The van der Waals surface area contributed by atoms with Crippen LogP contribution in [-0.2, 0) is 0 Å². The molecule has 0 unspecified atom stereocenters. The Bertz CT molecular complexity index is 463. The van der Waals surface area contributed by atoms with E-state index < -0.39 is 0 Å². The van der Waals surface area contributed by atoms with E-state index in [1.54, 1.807) is 0 Å². The number of fused-ring (bicyclic) bond motifs is 1. The van der Waals surface area contributed by atoms with Crippen LogP contribution in [0.1, 0.15) is 18.9 Å². The Hall–Kier alpha value is -0.770. The van der Waals surface area contributed by atoms with E-state index in [0.29, 0.717) is 6.04 Å². The van der Waals surface area contributed by atoms with Gasteiger partial charge in [0, 0.05) is 23.8 Å². The molecule has 1 aliphatic heterocycles. The number of pyridine rings is 1. The standard InChI is InChI=1S/C12H15N3.2ClH/c1-2-10-5-9-15(12(10)14-6-1)11-3-7-13-8-4-11;;/h1-2,5-6,9,11,13H,3-4,7-8H2;2*1H. The summed E-state index contributed by atoms with van der Waals surface area (Å²) in [6.45, 7) is 2.24. The van der Waals surface area contributed by atoms with E-state index in [9.17, 15) is 0 Å². The molecule has 3 heterocycles. The van der Waals surface area contributed by atoms with Crippen molar-refractivity contribution in [1.82, 2.24) is 14.9 Å². The Morgan fingerprint density at radius 2 is 1.94 bits per heavy atom. The number of hydrogen-bond acceptors (Lipinski definition) is 2. The predicted molar refractivity (Wildman–Crippen MR) is 75.4 cm³/mol. The lowest BCUT2D eigenvalue weighted by Gasteiger charge is -2.24. The Morgan fingerprint density at radius 3 is 2.71 bits per heavy atom. The molecule has 17 heavy (non-hydrogen) atoms. The van der Waals surface area contributed by atoms with Crippen molar-refractivity contribution in [2.45, 2.75) is 18.9 Å².